The largest absolute Gasteiger partial charge is 0.508 e. The average molecular weight is 445 g/mol. The van der Waals surface area contributed by atoms with Crippen LogP contribution in [0.5, 0.6) is 5.75 Å². The molecule has 31 heavy (non-hydrogen) atoms. The maximum Gasteiger partial charge on any atom is 0.275 e. The fourth-order valence-electron chi connectivity index (χ4n) is 4.22. The molecule has 3 aromatic rings. The number of anilines is 1. The van der Waals surface area contributed by atoms with E-state index in [4.69, 9.17) is 5.73 Å². The van der Waals surface area contributed by atoms with E-state index in [0.717, 1.165) is 48.3 Å². The predicted octanol–water partition coefficient (Wildman–Crippen LogP) is 4.67. The average Bonchev–Trinajstić information content (AvgIpc) is 3.16. The number of hydrogen-bond donors (Lipinski definition) is 3. The number of carbonyl (C=O) groups is 1. The van der Waals surface area contributed by atoms with Gasteiger partial charge in [0.05, 0.1) is 17.4 Å². The first-order valence-corrected chi connectivity index (χ1v) is 10.8. The number of hydrogen-bond acceptors (Lipinski definition) is 6. The van der Waals surface area contributed by atoms with Crippen molar-refractivity contribution in [3.05, 3.63) is 58.9 Å². The number of pyridine rings is 1. The normalized spacial score (nSPS) is 21.1. The molecule has 1 aromatic carbocycles. The molecular weight excluding hydrogens is 422 g/mol. The zero-order valence-corrected chi connectivity index (χ0v) is 17.6. The summed E-state index contributed by atoms with van der Waals surface area (Å²) in [6.45, 7) is 2.17. The predicted molar refractivity (Wildman–Crippen MR) is 115 cm³/mol. The Morgan fingerprint density at radius 3 is 2.71 bits per heavy atom. The van der Waals surface area contributed by atoms with Crippen molar-refractivity contribution >= 4 is 22.9 Å². The number of nitrogens with one attached hydrogen (secondary N) is 1. The fraction of sp³-hybridized carbons (Fsp3) is 0.318. The number of phenolic OH excluding ortho intramolecular Hbond substituents is 1. The van der Waals surface area contributed by atoms with E-state index in [-0.39, 0.29) is 28.2 Å². The number of thiazole rings is 1. The number of amides is 1. The maximum absolute atomic E-state index is 14.1. The van der Waals surface area contributed by atoms with Crippen molar-refractivity contribution in [3.8, 4) is 16.3 Å². The number of phenols is 1. The standard InChI is InChI=1S/C22H22F2N4O2S/c1-11-4-12(6-13(25)5-11)15-2-3-26-9-18(15)27-21(30)19-10-31-22(28-19)20-16(23)7-14(29)8-17(20)24/h2-3,7-13,29H,4-6,25H2,1H3,(H,27,30)/t11-,12+,13+/m0/s1. The van der Waals surface area contributed by atoms with Crippen molar-refractivity contribution in [1.29, 1.82) is 0 Å². The van der Waals surface area contributed by atoms with Gasteiger partial charge in [0.25, 0.3) is 5.91 Å². The van der Waals surface area contributed by atoms with Crippen molar-refractivity contribution in [2.75, 3.05) is 5.32 Å². The second kappa shape index (κ2) is 8.68. The van der Waals surface area contributed by atoms with Crippen LogP contribution in [0.3, 0.4) is 0 Å². The summed E-state index contributed by atoms with van der Waals surface area (Å²) >= 11 is 0.943. The molecule has 2 heterocycles. The maximum atomic E-state index is 14.1. The molecule has 1 aliphatic carbocycles. The highest BCUT2D eigenvalue weighted by Crippen LogP contribution is 2.38. The zero-order chi connectivity index (χ0) is 22.1. The zero-order valence-electron chi connectivity index (χ0n) is 16.8. The van der Waals surface area contributed by atoms with E-state index in [1.807, 2.05) is 6.07 Å². The molecule has 0 radical (unpaired) electrons. The van der Waals surface area contributed by atoms with Gasteiger partial charge in [0, 0.05) is 29.8 Å². The first-order chi connectivity index (χ1) is 14.8. The topological polar surface area (TPSA) is 101 Å². The third-order valence-electron chi connectivity index (χ3n) is 5.50. The summed E-state index contributed by atoms with van der Waals surface area (Å²) in [6.07, 6.45) is 6.06. The van der Waals surface area contributed by atoms with Crippen molar-refractivity contribution in [1.82, 2.24) is 9.97 Å². The molecule has 2 aromatic heterocycles. The van der Waals surface area contributed by atoms with Gasteiger partial charge in [0.15, 0.2) is 0 Å². The molecule has 1 fully saturated rings. The third kappa shape index (κ3) is 4.57. The van der Waals surface area contributed by atoms with Crippen LogP contribution in [-0.4, -0.2) is 27.0 Å². The Morgan fingerprint density at radius 1 is 1.26 bits per heavy atom. The number of nitrogens with two attached hydrogens (primary N) is 1. The lowest BCUT2D eigenvalue weighted by Crippen LogP contribution is -2.31. The van der Waals surface area contributed by atoms with Gasteiger partial charge < -0.3 is 16.2 Å². The Kier molecular flexibility index (Phi) is 5.97. The number of nitrogens with zero attached hydrogens (tertiary/aromatic N) is 2. The van der Waals surface area contributed by atoms with Crippen molar-refractivity contribution in [3.63, 3.8) is 0 Å². The smallest absolute Gasteiger partial charge is 0.275 e. The summed E-state index contributed by atoms with van der Waals surface area (Å²) in [5, 5.41) is 13.6. The summed E-state index contributed by atoms with van der Waals surface area (Å²) in [5.74, 6) is -2.21. The van der Waals surface area contributed by atoms with Crippen LogP contribution in [0.1, 0.15) is 48.2 Å². The summed E-state index contributed by atoms with van der Waals surface area (Å²) in [7, 11) is 0. The first-order valence-electron chi connectivity index (χ1n) is 9.96. The molecule has 1 saturated carbocycles. The number of benzene rings is 1. The Labute approximate surface area is 182 Å². The summed E-state index contributed by atoms with van der Waals surface area (Å²) < 4.78 is 28.2. The highest BCUT2D eigenvalue weighted by Gasteiger charge is 2.28. The van der Waals surface area contributed by atoms with E-state index in [9.17, 15) is 18.7 Å². The van der Waals surface area contributed by atoms with E-state index < -0.39 is 23.3 Å². The van der Waals surface area contributed by atoms with Crippen LogP contribution in [0.25, 0.3) is 10.6 Å². The molecule has 3 atom stereocenters. The Hall–Kier alpha value is -2.91. The van der Waals surface area contributed by atoms with Crippen LogP contribution < -0.4 is 11.1 Å². The van der Waals surface area contributed by atoms with Gasteiger partial charge >= 0.3 is 0 Å². The number of aromatic nitrogens is 2. The van der Waals surface area contributed by atoms with Crippen LogP contribution in [0.15, 0.2) is 36.0 Å². The van der Waals surface area contributed by atoms with Crippen LogP contribution in [0.2, 0.25) is 0 Å². The lowest BCUT2D eigenvalue weighted by molar-refractivity contribution is 0.102. The van der Waals surface area contributed by atoms with Crippen molar-refractivity contribution in [2.45, 2.75) is 38.1 Å². The second-order valence-electron chi connectivity index (χ2n) is 8.01. The minimum atomic E-state index is -0.948. The van der Waals surface area contributed by atoms with Gasteiger partial charge in [-0.1, -0.05) is 6.92 Å². The van der Waals surface area contributed by atoms with Gasteiger partial charge in [0.1, 0.15) is 28.1 Å². The number of aromatic hydroxyl groups is 1. The molecule has 1 aliphatic rings. The summed E-state index contributed by atoms with van der Waals surface area (Å²) in [4.78, 5) is 21.0. The van der Waals surface area contributed by atoms with Crippen LogP contribution in [0, 0.1) is 17.6 Å². The monoisotopic (exact) mass is 444 g/mol. The van der Waals surface area contributed by atoms with Gasteiger partial charge in [-0.25, -0.2) is 13.8 Å². The van der Waals surface area contributed by atoms with Gasteiger partial charge in [-0.3, -0.25) is 9.78 Å². The summed E-state index contributed by atoms with van der Waals surface area (Å²) in [5.41, 5.74) is 7.40. The van der Waals surface area contributed by atoms with Gasteiger partial charge in [-0.05, 0) is 42.7 Å². The van der Waals surface area contributed by atoms with E-state index in [2.05, 4.69) is 22.2 Å². The lowest BCUT2D eigenvalue weighted by atomic mass is 9.76. The minimum absolute atomic E-state index is 0.0126. The molecular formula is C22H22F2N4O2S. The van der Waals surface area contributed by atoms with E-state index in [1.165, 1.54) is 5.38 Å². The molecule has 0 unspecified atom stereocenters. The van der Waals surface area contributed by atoms with E-state index >= 15 is 0 Å². The Bertz CT molecular complexity index is 1090. The third-order valence-corrected chi connectivity index (χ3v) is 6.36. The van der Waals surface area contributed by atoms with Crippen LogP contribution in [-0.2, 0) is 0 Å². The molecule has 0 aliphatic heterocycles. The lowest BCUT2D eigenvalue weighted by Gasteiger charge is -2.32. The van der Waals surface area contributed by atoms with Crippen LogP contribution >= 0.6 is 11.3 Å². The Morgan fingerprint density at radius 2 is 2.00 bits per heavy atom. The molecule has 0 bridgehead atoms. The Balaban J connectivity index is 1.57. The molecule has 9 heteroatoms. The highest BCUT2D eigenvalue weighted by atomic mass is 32.1. The molecule has 4 rings (SSSR count). The molecule has 0 spiro atoms. The molecule has 1 amide bonds. The van der Waals surface area contributed by atoms with Gasteiger partial charge in [-0.15, -0.1) is 11.3 Å². The van der Waals surface area contributed by atoms with Crippen molar-refractivity contribution < 1.29 is 18.7 Å². The second-order valence-corrected chi connectivity index (χ2v) is 8.87. The minimum Gasteiger partial charge on any atom is -0.508 e. The number of rotatable bonds is 4. The number of halogens is 2. The fourth-order valence-corrected chi connectivity index (χ4v) is 5.07. The molecule has 0 saturated heterocycles. The van der Waals surface area contributed by atoms with E-state index in [0.29, 0.717) is 11.6 Å². The molecule has 162 valence electrons. The quantitative estimate of drug-likeness (QED) is 0.543. The van der Waals surface area contributed by atoms with E-state index in [1.54, 1.807) is 12.4 Å². The number of carbonyl (C=O) groups excluding carboxylic acids is 1. The van der Waals surface area contributed by atoms with Crippen molar-refractivity contribution in [2.24, 2.45) is 11.7 Å². The van der Waals surface area contributed by atoms with Crippen LogP contribution in [0.4, 0.5) is 14.5 Å². The highest BCUT2D eigenvalue weighted by molar-refractivity contribution is 7.13. The summed E-state index contributed by atoms with van der Waals surface area (Å²) in [6, 6.07) is 3.61. The first kappa shape index (κ1) is 21.3. The van der Waals surface area contributed by atoms with Gasteiger partial charge in [-0.2, -0.15) is 0 Å². The molecule has 4 N–H and O–H groups in total. The van der Waals surface area contributed by atoms with Gasteiger partial charge in [0.2, 0.25) is 0 Å². The SMILES string of the molecule is C[C@@H]1C[C@@H](N)C[C@H](c2ccncc2NC(=O)c2csc(-c3c(F)cc(O)cc3F)n2)C1. The molecule has 6 nitrogen and oxygen atoms in total.